The fraction of sp³-hybridized carbons (Fsp3) is 1.00. The third-order valence-electron chi connectivity index (χ3n) is 0.987. The molecule has 1 saturated heterocycles. The Morgan fingerprint density at radius 3 is 2.38 bits per heavy atom. The monoisotopic (exact) mass is 137 g/mol. The molecule has 1 unspecified atom stereocenters. The molecule has 1 aliphatic rings. The Balaban J connectivity index is 2.43. The Kier molecular flexibility index (Phi) is 1.26. The lowest BCUT2D eigenvalue weighted by atomic mass is 10.4. The van der Waals surface area contributed by atoms with Crippen molar-refractivity contribution in [3.8, 4) is 0 Å². The zero-order valence-electron chi connectivity index (χ0n) is 4.16. The smallest absolute Gasteiger partial charge is 0.213 e. The summed E-state index contributed by atoms with van der Waals surface area (Å²) >= 11 is 0. The van der Waals surface area contributed by atoms with Gasteiger partial charge in [-0.15, -0.1) is 0 Å². The minimum atomic E-state index is -2.95. The minimum absolute atomic E-state index is 0.0729. The average Bonchev–Trinajstić information content (AvgIpc) is 1.60. The number of sulfonamides is 1. The van der Waals surface area contributed by atoms with Crippen molar-refractivity contribution in [3.63, 3.8) is 0 Å². The maximum absolute atomic E-state index is 10.2. The molecular formula is C3H7NO3S. The van der Waals surface area contributed by atoms with E-state index in [-0.39, 0.29) is 18.4 Å². The Labute approximate surface area is 47.6 Å². The highest BCUT2D eigenvalue weighted by Crippen LogP contribution is 2.02. The van der Waals surface area contributed by atoms with Gasteiger partial charge in [-0.25, -0.2) is 13.1 Å². The van der Waals surface area contributed by atoms with Gasteiger partial charge in [0.15, 0.2) is 0 Å². The van der Waals surface area contributed by atoms with Crippen molar-refractivity contribution >= 4 is 10.0 Å². The quantitative estimate of drug-likeness (QED) is 0.452. The Morgan fingerprint density at radius 2 is 2.25 bits per heavy atom. The van der Waals surface area contributed by atoms with Crippen LogP contribution in [0.3, 0.4) is 0 Å². The number of hydrogen-bond donors (Lipinski definition) is 2. The van der Waals surface area contributed by atoms with Crippen molar-refractivity contribution in [2.45, 2.75) is 6.04 Å². The van der Waals surface area contributed by atoms with Gasteiger partial charge in [-0.1, -0.05) is 0 Å². The molecule has 0 saturated carbocycles. The standard InChI is InChI=1S/C3H7NO3S/c5-1-3-2-8(6,7)4-3/h3-5H,1-2H2. The van der Waals surface area contributed by atoms with Gasteiger partial charge >= 0.3 is 0 Å². The van der Waals surface area contributed by atoms with Gasteiger partial charge in [-0.3, -0.25) is 0 Å². The molecule has 0 aromatic carbocycles. The summed E-state index contributed by atoms with van der Waals surface area (Å²) in [5.41, 5.74) is 0. The summed E-state index contributed by atoms with van der Waals surface area (Å²) in [7, 11) is -2.95. The summed E-state index contributed by atoms with van der Waals surface area (Å²) in [6.45, 7) is -0.0980. The van der Waals surface area contributed by atoms with E-state index < -0.39 is 10.0 Å². The molecule has 5 heteroatoms. The highest BCUT2D eigenvalue weighted by molar-refractivity contribution is 7.90. The fourth-order valence-corrected chi connectivity index (χ4v) is 1.77. The first-order valence-corrected chi connectivity index (χ1v) is 3.90. The highest BCUT2D eigenvalue weighted by Gasteiger charge is 2.30. The van der Waals surface area contributed by atoms with Crippen molar-refractivity contribution in [3.05, 3.63) is 0 Å². The summed E-state index contributed by atoms with van der Waals surface area (Å²) in [4.78, 5) is 0. The third kappa shape index (κ3) is 0.988. The summed E-state index contributed by atoms with van der Waals surface area (Å²) in [6, 6.07) is -0.222. The number of hydrogen-bond acceptors (Lipinski definition) is 3. The Morgan fingerprint density at radius 1 is 1.75 bits per heavy atom. The molecule has 48 valence electrons. The molecule has 2 N–H and O–H groups in total. The predicted molar refractivity (Wildman–Crippen MR) is 27.8 cm³/mol. The first-order chi connectivity index (χ1) is 3.64. The lowest BCUT2D eigenvalue weighted by Crippen LogP contribution is -2.54. The fourth-order valence-electron chi connectivity index (χ4n) is 0.592. The predicted octanol–water partition coefficient (Wildman–Crippen LogP) is -1.72. The van der Waals surface area contributed by atoms with Crippen molar-refractivity contribution in [1.82, 2.24) is 4.72 Å². The second-order valence-electron chi connectivity index (χ2n) is 1.78. The van der Waals surface area contributed by atoms with Crippen LogP contribution in [-0.2, 0) is 10.0 Å². The van der Waals surface area contributed by atoms with Crippen LogP contribution >= 0.6 is 0 Å². The number of aliphatic hydroxyl groups is 1. The van der Waals surface area contributed by atoms with Crippen LogP contribution in [0.1, 0.15) is 0 Å². The van der Waals surface area contributed by atoms with E-state index >= 15 is 0 Å². The van der Waals surface area contributed by atoms with E-state index in [2.05, 4.69) is 4.72 Å². The van der Waals surface area contributed by atoms with Gasteiger partial charge in [0, 0.05) is 0 Å². The Hall–Kier alpha value is -0.130. The van der Waals surface area contributed by atoms with E-state index in [0.717, 1.165) is 0 Å². The van der Waals surface area contributed by atoms with Gasteiger partial charge in [0.1, 0.15) is 0 Å². The molecule has 1 atom stereocenters. The van der Waals surface area contributed by atoms with Crippen molar-refractivity contribution < 1.29 is 13.5 Å². The van der Waals surface area contributed by atoms with Crippen LogP contribution in [0.25, 0.3) is 0 Å². The molecule has 1 rings (SSSR count). The van der Waals surface area contributed by atoms with E-state index in [4.69, 9.17) is 5.11 Å². The van der Waals surface area contributed by atoms with E-state index in [1.54, 1.807) is 0 Å². The zero-order chi connectivity index (χ0) is 6.20. The topological polar surface area (TPSA) is 66.4 Å². The molecule has 0 radical (unpaired) electrons. The van der Waals surface area contributed by atoms with E-state index in [0.29, 0.717) is 0 Å². The molecule has 1 aliphatic heterocycles. The maximum atomic E-state index is 10.2. The Bertz CT molecular complexity index is 161. The summed E-state index contributed by atoms with van der Waals surface area (Å²) < 4.78 is 22.7. The first kappa shape index (κ1) is 6.00. The normalized spacial score (nSPS) is 33.9. The molecule has 0 aromatic heterocycles. The minimum Gasteiger partial charge on any atom is -0.395 e. The zero-order valence-corrected chi connectivity index (χ0v) is 4.98. The third-order valence-corrected chi connectivity index (χ3v) is 2.52. The highest BCUT2D eigenvalue weighted by atomic mass is 32.2. The summed E-state index contributed by atoms with van der Waals surface area (Å²) in [5.74, 6) is 0.0729. The van der Waals surface area contributed by atoms with Crippen LogP contribution in [0.5, 0.6) is 0 Å². The molecule has 8 heavy (non-hydrogen) atoms. The van der Waals surface area contributed by atoms with Gasteiger partial charge in [-0.05, 0) is 0 Å². The van der Waals surface area contributed by atoms with E-state index in [1.165, 1.54) is 0 Å². The van der Waals surface area contributed by atoms with E-state index in [9.17, 15) is 8.42 Å². The van der Waals surface area contributed by atoms with Gasteiger partial charge in [0.05, 0.1) is 18.4 Å². The molecule has 1 heterocycles. The molecule has 4 nitrogen and oxygen atoms in total. The van der Waals surface area contributed by atoms with Crippen molar-refractivity contribution in [1.29, 1.82) is 0 Å². The average molecular weight is 137 g/mol. The summed E-state index contributed by atoms with van der Waals surface area (Å²) in [5, 5.41) is 8.29. The van der Waals surface area contributed by atoms with Crippen molar-refractivity contribution in [2.24, 2.45) is 0 Å². The molecule has 0 bridgehead atoms. The SMILES string of the molecule is O=S1(=O)CC(CO)N1. The van der Waals surface area contributed by atoms with Crippen LogP contribution in [0.4, 0.5) is 0 Å². The molecule has 0 amide bonds. The van der Waals surface area contributed by atoms with Crippen LogP contribution in [-0.4, -0.2) is 31.9 Å². The van der Waals surface area contributed by atoms with Gasteiger partial charge in [0.2, 0.25) is 10.0 Å². The van der Waals surface area contributed by atoms with Crippen LogP contribution < -0.4 is 4.72 Å². The van der Waals surface area contributed by atoms with E-state index in [1.807, 2.05) is 0 Å². The maximum Gasteiger partial charge on any atom is 0.213 e. The van der Waals surface area contributed by atoms with Gasteiger partial charge in [-0.2, -0.15) is 0 Å². The largest absolute Gasteiger partial charge is 0.395 e. The molecule has 0 aliphatic carbocycles. The molecule has 0 spiro atoms. The first-order valence-electron chi connectivity index (χ1n) is 2.25. The van der Waals surface area contributed by atoms with Crippen molar-refractivity contribution in [2.75, 3.05) is 12.4 Å². The lowest BCUT2D eigenvalue weighted by Gasteiger charge is -2.24. The van der Waals surface area contributed by atoms with Gasteiger partial charge < -0.3 is 5.11 Å². The number of rotatable bonds is 1. The molecular weight excluding hydrogens is 130 g/mol. The lowest BCUT2D eigenvalue weighted by molar-refractivity contribution is 0.256. The van der Waals surface area contributed by atoms with Crippen LogP contribution in [0, 0.1) is 0 Å². The summed E-state index contributed by atoms with van der Waals surface area (Å²) in [6.07, 6.45) is 0. The number of aliphatic hydroxyl groups excluding tert-OH is 1. The van der Waals surface area contributed by atoms with Crippen LogP contribution in [0.2, 0.25) is 0 Å². The second-order valence-corrected chi connectivity index (χ2v) is 3.58. The molecule has 0 aromatic rings. The number of nitrogens with one attached hydrogen (secondary N) is 1. The van der Waals surface area contributed by atoms with Crippen LogP contribution in [0.15, 0.2) is 0 Å². The molecule has 1 fully saturated rings. The van der Waals surface area contributed by atoms with Gasteiger partial charge in [0.25, 0.3) is 0 Å². The second kappa shape index (κ2) is 1.68.